The first-order valence-electron chi connectivity index (χ1n) is 5.75. The Morgan fingerprint density at radius 3 is 2.95 bits per heavy atom. The molecule has 0 fully saturated rings. The Morgan fingerprint density at radius 2 is 2.32 bits per heavy atom. The van der Waals surface area contributed by atoms with Crippen molar-refractivity contribution in [1.29, 1.82) is 0 Å². The molecule has 1 amide bonds. The molecule has 0 spiro atoms. The van der Waals surface area contributed by atoms with Gasteiger partial charge in [-0.1, -0.05) is 11.6 Å². The van der Waals surface area contributed by atoms with E-state index in [1.165, 1.54) is 0 Å². The zero-order valence-electron chi connectivity index (χ0n) is 10.6. The van der Waals surface area contributed by atoms with E-state index < -0.39 is 0 Å². The van der Waals surface area contributed by atoms with Crippen LogP contribution in [0.3, 0.4) is 0 Å². The standard InChI is InChI=1S/C13H14ClN3OS/c1-8(9-6-15-16-7-9)17-13(18)11-5-10(19-2)3-4-12(11)14/h3-8H,1-2H3,(H,15,16)(H,17,18). The van der Waals surface area contributed by atoms with E-state index in [2.05, 4.69) is 15.5 Å². The van der Waals surface area contributed by atoms with Crippen LogP contribution in [-0.2, 0) is 0 Å². The van der Waals surface area contributed by atoms with Crippen LogP contribution in [0.15, 0.2) is 35.5 Å². The van der Waals surface area contributed by atoms with Gasteiger partial charge in [0.1, 0.15) is 0 Å². The van der Waals surface area contributed by atoms with E-state index in [1.807, 2.05) is 19.2 Å². The Balaban J connectivity index is 2.16. The molecule has 0 saturated carbocycles. The molecule has 2 aromatic rings. The lowest BCUT2D eigenvalue weighted by Gasteiger charge is -2.13. The Bertz CT molecular complexity index is 571. The third-order valence-electron chi connectivity index (χ3n) is 2.79. The summed E-state index contributed by atoms with van der Waals surface area (Å²) in [6.07, 6.45) is 5.40. The van der Waals surface area contributed by atoms with Gasteiger partial charge < -0.3 is 5.32 Å². The number of amides is 1. The van der Waals surface area contributed by atoms with Crippen LogP contribution < -0.4 is 5.32 Å². The van der Waals surface area contributed by atoms with Crippen molar-refractivity contribution >= 4 is 29.3 Å². The molecule has 0 aliphatic heterocycles. The summed E-state index contributed by atoms with van der Waals surface area (Å²) >= 11 is 7.64. The lowest BCUT2D eigenvalue weighted by Crippen LogP contribution is -2.26. The molecule has 19 heavy (non-hydrogen) atoms. The summed E-state index contributed by atoms with van der Waals surface area (Å²) in [5.41, 5.74) is 1.41. The molecule has 0 saturated heterocycles. The number of carbonyl (C=O) groups is 1. The zero-order valence-corrected chi connectivity index (χ0v) is 12.2. The predicted molar refractivity (Wildman–Crippen MR) is 77.7 cm³/mol. The smallest absolute Gasteiger partial charge is 0.253 e. The van der Waals surface area contributed by atoms with E-state index in [9.17, 15) is 4.79 Å². The molecular formula is C13H14ClN3OS. The average Bonchev–Trinajstić information content (AvgIpc) is 2.93. The zero-order chi connectivity index (χ0) is 13.8. The van der Waals surface area contributed by atoms with Crippen LogP contribution in [0.5, 0.6) is 0 Å². The second kappa shape index (κ2) is 6.12. The number of nitrogens with one attached hydrogen (secondary N) is 2. The van der Waals surface area contributed by atoms with Gasteiger partial charge in [-0.25, -0.2) is 0 Å². The van der Waals surface area contributed by atoms with Crippen molar-refractivity contribution in [2.75, 3.05) is 6.26 Å². The molecule has 1 aromatic carbocycles. The third kappa shape index (κ3) is 3.30. The number of hydrogen-bond donors (Lipinski definition) is 2. The van der Waals surface area contributed by atoms with Gasteiger partial charge in [-0.3, -0.25) is 9.89 Å². The van der Waals surface area contributed by atoms with Crippen LogP contribution in [0.1, 0.15) is 28.9 Å². The van der Waals surface area contributed by atoms with E-state index >= 15 is 0 Å². The number of thioether (sulfide) groups is 1. The van der Waals surface area contributed by atoms with Crippen LogP contribution in [-0.4, -0.2) is 22.4 Å². The summed E-state index contributed by atoms with van der Waals surface area (Å²) in [6.45, 7) is 1.90. The molecular weight excluding hydrogens is 282 g/mol. The fraction of sp³-hybridized carbons (Fsp3) is 0.231. The van der Waals surface area contributed by atoms with E-state index in [0.717, 1.165) is 10.5 Å². The van der Waals surface area contributed by atoms with Gasteiger partial charge in [0, 0.05) is 16.7 Å². The molecule has 100 valence electrons. The van der Waals surface area contributed by atoms with Crippen molar-refractivity contribution in [3.8, 4) is 0 Å². The topological polar surface area (TPSA) is 57.8 Å². The lowest BCUT2D eigenvalue weighted by atomic mass is 10.1. The number of rotatable bonds is 4. The van der Waals surface area contributed by atoms with Gasteiger partial charge in [0.15, 0.2) is 0 Å². The Labute approximate surface area is 120 Å². The molecule has 1 heterocycles. The maximum absolute atomic E-state index is 12.2. The predicted octanol–water partition coefficient (Wildman–Crippen LogP) is 3.28. The highest BCUT2D eigenvalue weighted by molar-refractivity contribution is 7.98. The summed E-state index contributed by atoms with van der Waals surface area (Å²) < 4.78 is 0. The molecule has 0 aliphatic rings. The van der Waals surface area contributed by atoms with E-state index in [-0.39, 0.29) is 11.9 Å². The second-order valence-electron chi connectivity index (χ2n) is 4.07. The van der Waals surface area contributed by atoms with Gasteiger partial charge >= 0.3 is 0 Å². The van der Waals surface area contributed by atoms with Gasteiger partial charge in [-0.15, -0.1) is 11.8 Å². The van der Waals surface area contributed by atoms with Crippen LogP contribution in [0.2, 0.25) is 5.02 Å². The Morgan fingerprint density at radius 1 is 1.53 bits per heavy atom. The largest absolute Gasteiger partial charge is 0.345 e. The molecule has 2 N–H and O–H groups in total. The number of carbonyl (C=O) groups excluding carboxylic acids is 1. The Kier molecular flexibility index (Phi) is 4.50. The highest BCUT2D eigenvalue weighted by Gasteiger charge is 2.15. The fourth-order valence-corrected chi connectivity index (χ4v) is 2.30. The quantitative estimate of drug-likeness (QED) is 0.851. The minimum Gasteiger partial charge on any atom is -0.345 e. The molecule has 1 aromatic heterocycles. The van der Waals surface area contributed by atoms with E-state index in [0.29, 0.717) is 10.6 Å². The fourth-order valence-electron chi connectivity index (χ4n) is 1.66. The second-order valence-corrected chi connectivity index (χ2v) is 5.36. The lowest BCUT2D eigenvalue weighted by molar-refractivity contribution is 0.0940. The van der Waals surface area contributed by atoms with Crippen LogP contribution in [0.4, 0.5) is 0 Å². The molecule has 0 aliphatic carbocycles. The normalized spacial score (nSPS) is 12.2. The minimum atomic E-state index is -0.186. The first kappa shape index (κ1) is 14.0. The molecule has 1 atom stereocenters. The molecule has 4 nitrogen and oxygen atoms in total. The van der Waals surface area contributed by atoms with Crippen LogP contribution in [0.25, 0.3) is 0 Å². The van der Waals surface area contributed by atoms with E-state index in [1.54, 1.807) is 36.3 Å². The highest BCUT2D eigenvalue weighted by Crippen LogP contribution is 2.23. The van der Waals surface area contributed by atoms with Crippen molar-refractivity contribution in [3.05, 3.63) is 46.7 Å². The number of halogens is 1. The van der Waals surface area contributed by atoms with Gasteiger partial charge in [-0.2, -0.15) is 5.10 Å². The average molecular weight is 296 g/mol. The summed E-state index contributed by atoms with van der Waals surface area (Å²) in [4.78, 5) is 13.2. The van der Waals surface area contributed by atoms with Crippen LogP contribution >= 0.6 is 23.4 Å². The number of benzene rings is 1. The van der Waals surface area contributed by atoms with Crippen LogP contribution in [0, 0.1) is 0 Å². The number of aromatic amines is 1. The molecule has 2 rings (SSSR count). The van der Waals surface area contributed by atoms with Crippen molar-refractivity contribution in [2.24, 2.45) is 0 Å². The van der Waals surface area contributed by atoms with Gasteiger partial charge in [0.05, 0.1) is 22.8 Å². The van der Waals surface area contributed by atoms with Gasteiger partial charge in [0.25, 0.3) is 5.91 Å². The number of H-pyrrole nitrogens is 1. The maximum Gasteiger partial charge on any atom is 0.253 e. The SMILES string of the molecule is CSc1ccc(Cl)c(C(=O)NC(C)c2cn[nH]c2)c1. The van der Waals surface area contributed by atoms with E-state index in [4.69, 9.17) is 11.6 Å². The van der Waals surface area contributed by atoms with Crippen molar-refractivity contribution in [2.45, 2.75) is 17.9 Å². The summed E-state index contributed by atoms with van der Waals surface area (Å²) in [6, 6.07) is 5.30. The molecule has 1 unspecified atom stereocenters. The first-order valence-corrected chi connectivity index (χ1v) is 7.35. The van der Waals surface area contributed by atoms with Gasteiger partial charge in [-0.05, 0) is 31.4 Å². The first-order chi connectivity index (χ1) is 9.11. The van der Waals surface area contributed by atoms with Gasteiger partial charge in [0.2, 0.25) is 0 Å². The number of nitrogens with zero attached hydrogens (tertiary/aromatic N) is 1. The number of hydrogen-bond acceptors (Lipinski definition) is 3. The molecule has 0 radical (unpaired) electrons. The highest BCUT2D eigenvalue weighted by atomic mass is 35.5. The Hall–Kier alpha value is -1.46. The summed E-state index contributed by atoms with van der Waals surface area (Å²) in [5.74, 6) is -0.186. The minimum absolute atomic E-state index is 0.125. The molecule has 0 bridgehead atoms. The monoisotopic (exact) mass is 295 g/mol. The van der Waals surface area contributed by atoms with Crippen molar-refractivity contribution < 1.29 is 4.79 Å². The maximum atomic E-state index is 12.2. The summed E-state index contributed by atoms with van der Waals surface area (Å²) in [5, 5.41) is 9.94. The summed E-state index contributed by atoms with van der Waals surface area (Å²) in [7, 11) is 0. The van der Waals surface area contributed by atoms with Crippen molar-refractivity contribution in [1.82, 2.24) is 15.5 Å². The number of aromatic nitrogens is 2. The van der Waals surface area contributed by atoms with Crippen molar-refractivity contribution in [3.63, 3.8) is 0 Å². The third-order valence-corrected chi connectivity index (χ3v) is 3.84. The molecule has 6 heteroatoms.